The van der Waals surface area contributed by atoms with Gasteiger partial charge in [-0.05, 0) is 30.3 Å². The molecule has 0 unspecified atom stereocenters. The molecule has 1 heterocycles. The number of fused-ring (bicyclic) bond motifs is 1. The van der Waals surface area contributed by atoms with E-state index in [4.69, 9.17) is 24.8 Å². The van der Waals surface area contributed by atoms with Crippen molar-refractivity contribution in [1.82, 2.24) is 0 Å². The summed E-state index contributed by atoms with van der Waals surface area (Å²) in [4.78, 5) is 22.5. The van der Waals surface area contributed by atoms with Crippen molar-refractivity contribution in [2.45, 2.75) is 0 Å². The van der Waals surface area contributed by atoms with E-state index in [0.717, 1.165) is 36.4 Å². The van der Waals surface area contributed by atoms with Gasteiger partial charge in [0.25, 0.3) is 0 Å². The zero-order valence-corrected chi connectivity index (χ0v) is 16.8. The highest BCUT2D eigenvalue weighted by Gasteiger charge is 2.19. The summed E-state index contributed by atoms with van der Waals surface area (Å²) in [5, 5.41) is 82.6. The molecule has 4 rings (SSSR count). The Balaban J connectivity index is 0.000000229. The molecule has 0 aliphatic carbocycles. The smallest absolute Gasteiger partial charge is 0.335 e. The molecular weight excluding hydrogens is 456 g/mol. The monoisotopic (exact) mass is 472 g/mol. The van der Waals surface area contributed by atoms with Crippen LogP contribution in [-0.2, 0) is 0 Å². The number of rotatable bonds is 2. The Labute approximate surface area is 188 Å². The molecule has 0 spiro atoms. The van der Waals surface area contributed by atoms with Gasteiger partial charge in [-0.3, -0.25) is 4.79 Å². The van der Waals surface area contributed by atoms with E-state index in [1.165, 1.54) is 6.07 Å². The van der Waals surface area contributed by atoms with Crippen LogP contribution in [0.3, 0.4) is 0 Å². The summed E-state index contributed by atoms with van der Waals surface area (Å²) in [7, 11) is 0. The number of carboxylic acid groups (broad SMARTS) is 1. The normalized spacial score (nSPS) is 10.5. The molecule has 0 fully saturated rings. The topological polar surface area (TPSA) is 229 Å². The van der Waals surface area contributed by atoms with Crippen molar-refractivity contribution in [1.29, 1.82) is 0 Å². The van der Waals surface area contributed by atoms with Crippen LogP contribution in [0.25, 0.3) is 22.3 Å². The summed E-state index contributed by atoms with van der Waals surface area (Å²) in [6.45, 7) is 0. The van der Waals surface area contributed by atoms with Crippen molar-refractivity contribution in [2.24, 2.45) is 0 Å². The molecule has 0 aliphatic heterocycles. The highest BCUT2D eigenvalue weighted by atomic mass is 16.4. The van der Waals surface area contributed by atoms with Crippen molar-refractivity contribution in [3.8, 4) is 57.3 Å². The third kappa shape index (κ3) is 4.36. The summed E-state index contributed by atoms with van der Waals surface area (Å²) in [6, 6.07) is 7.33. The van der Waals surface area contributed by atoms with E-state index < -0.39 is 45.9 Å². The van der Waals surface area contributed by atoms with E-state index in [1.807, 2.05) is 0 Å². The summed E-state index contributed by atoms with van der Waals surface area (Å²) in [5.41, 5.74) is -1.18. The molecule has 34 heavy (non-hydrogen) atoms. The first-order valence-corrected chi connectivity index (χ1v) is 9.13. The number of hydrogen-bond donors (Lipinski definition) is 9. The SMILES string of the molecule is O=C(O)c1cc(O)c(O)c(O)c1.O=c1c(O)c(-c2ccc(O)c(O)c2)oc2cc(O)cc(O)c12. The Bertz CT molecular complexity index is 1460. The molecule has 4 aromatic rings. The van der Waals surface area contributed by atoms with Crippen LogP contribution in [0.15, 0.2) is 51.7 Å². The summed E-state index contributed by atoms with van der Waals surface area (Å²) in [6.07, 6.45) is 0. The Morgan fingerprint density at radius 2 is 1.29 bits per heavy atom. The second-order valence-electron chi connectivity index (χ2n) is 6.82. The Morgan fingerprint density at radius 3 is 1.85 bits per heavy atom. The van der Waals surface area contributed by atoms with E-state index in [1.54, 1.807) is 0 Å². The molecule has 0 bridgehead atoms. The molecule has 0 radical (unpaired) electrons. The molecule has 0 aliphatic rings. The number of phenols is 7. The van der Waals surface area contributed by atoms with Crippen molar-refractivity contribution >= 4 is 16.9 Å². The molecule has 12 heteroatoms. The maximum atomic E-state index is 12.1. The van der Waals surface area contributed by atoms with Gasteiger partial charge in [-0.1, -0.05) is 0 Å². The van der Waals surface area contributed by atoms with Gasteiger partial charge in [-0.15, -0.1) is 0 Å². The molecule has 176 valence electrons. The van der Waals surface area contributed by atoms with Gasteiger partial charge in [-0.25, -0.2) is 4.79 Å². The standard InChI is InChI=1S/C15H10O7.C7H6O5/c16-7-4-10(19)12-11(5-7)22-15(14(21)13(12)20)6-1-2-8(17)9(18)3-6;8-4-1-3(7(11)12)2-5(9)6(4)10/h1-5,16-19,21H;1-2,8-10H,(H,11,12). The first kappa shape index (κ1) is 23.4. The van der Waals surface area contributed by atoms with E-state index in [0.29, 0.717) is 0 Å². The average Bonchev–Trinajstić information content (AvgIpc) is 2.76. The summed E-state index contributed by atoms with van der Waals surface area (Å²) < 4.78 is 5.35. The third-order valence-corrected chi connectivity index (χ3v) is 4.49. The van der Waals surface area contributed by atoms with Crippen LogP contribution in [-0.4, -0.2) is 51.9 Å². The van der Waals surface area contributed by atoms with Crippen LogP contribution in [0.4, 0.5) is 0 Å². The first-order valence-electron chi connectivity index (χ1n) is 9.13. The number of carboxylic acids is 1. The van der Waals surface area contributed by atoms with Gasteiger partial charge in [0.15, 0.2) is 34.5 Å². The van der Waals surface area contributed by atoms with Crippen LogP contribution in [0.1, 0.15) is 10.4 Å². The Kier molecular flexibility index (Phi) is 5.99. The van der Waals surface area contributed by atoms with Crippen LogP contribution in [0.5, 0.6) is 46.0 Å². The molecule has 12 nitrogen and oxygen atoms in total. The molecule has 0 amide bonds. The zero-order valence-electron chi connectivity index (χ0n) is 16.8. The van der Waals surface area contributed by atoms with Crippen LogP contribution < -0.4 is 5.43 Å². The highest BCUT2D eigenvalue weighted by molar-refractivity contribution is 5.89. The fourth-order valence-corrected chi connectivity index (χ4v) is 2.86. The molecule has 9 N–H and O–H groups in total. The van der Waals surface area contributed by atoms with Gasteiger partial charge in [0.05, 0.1) is 5.56 Å². The fourth-order valence-electron chi connectivity index (χ4n) is 2.86. The van der Waals surface area contributed by atoms with E-state index in [-0.39, 0.29) is 39.4 Å². The molecule has 0 atom stereocenters. The highest BCUT2D eigenvalue weighted by Crippen LogP contribution is 2.38. The minimum absolute atomic E-state index is 0.134. The van der Waals surface area contributed by atoms with Gasteiger partial charge in [0.2, 0.25) is 11.2 Å². The van der Waals surface area contributed by atoms with Crippen molar-refractivity contribution < 1.29 is 55.2 Å². The number of aromatic carboxylic acids is 1. The summed E-state index contributed by atoms with van der Waals surface area (Å²) in [5.74, 6) is -6.05. The van der Waals surface area contributed by atoms with E-state index >= 15 is 0 Å². The zero-order chi connectivity index (χ0) is 25.3. The quantitative estimate of drug-likeness (QED) is 0.192. The van der Waals surface area contributed by atoms with E-state index in [9.17, 15) is 35.1 Å². The third-order valence-electron chi connectivity index (χ3n) is 4.49. The second kappa shape index (κ2) is 8.70. The van der Waals surface area contributed by atoms with Gasteiger partial charge >= 0.3 is 5.97 Å². The lowest BCUT2D eigenvalue weighted by Crippen LogP contribution is -2.02. The maximum absolute atomic E-state index is 12.1. The largest absolute Gasteiger partial charge is 0.508 e. The number of carbonyl (C=O) groups is 1. The average molecular weight is 472 g/mol. The fraction of sp³-hybridized carbons (Fsp3) is 0. The molecule has 3 aromatic carbocycles. The van der Waals surface area contributed by atoms with Crippen LogP contribution in [0.2, 0.25) is 0 Å². The number of benzene rings is 3. The molecule has 0 saturated carbocycles. The van der Waals surface area contributed by atoms with Crippen LogP contribution >= 0.6 is 0 Å². The van der Waals surface area contributed by atoms with Crippen molar-refractivity contribution in [2.75, 3.05) is 0 Å². The lowest BCUT2D eigenvalue weighted by Gasteiger charge is -2.08. The minimum Gasteiger partial charge on any atom is -0.508 e. The Morgan fingerprint density at radius 1 is 0.676 bits per heavy atom. The van der Waals surface area contributed by atoms with Crippen LogP contribution in [0, 0.1) is 0 Å². The maximum Gasteiger partial charge on any atom is 0.335 e. The molecular formula is C22H16O12. The minimum atomic E-state index is -1.29. The number of phenolic OH excluding ortho intramolecular Hbond substituents is 7. The molecule has 1 aromatic heterocycles. The van der Waals surface area contributed by atoms with Crippen molar-refractivity contribution in [3.05, 3.63) is 58.3 Å². The lowest BCUT2D eigenvalue weighted by atomic mass is 10.1. The Hall–Kier alpha value is -5.26. The second-order valence-corrected chi connectivity index (χ2v) is 6.82. The van der Waals surface area contributed by atoms with E-state index in [2.05, 4.69) is 0 Å². The molecule has 0 saturated heterocycles. The van der Waals surface area contributed by atoms with Crippen molar-refractivity contribution in [3.63, 3.8) is 0 Å². The predicted octanol–water partition coefficient (Wildman–Crippen LogP) is 2.49. The summed E-state index contributed by atoms with van der Waals surface area (Å²) >= 11 is 0. The number of aromatic hydroxyl groups is 8. The van der Waals surface area contributed by atoms with Gasteiger partial charge < -0.3 is 50.4 Å². The first-order chi connectivity index (χ1) is 15.9. The van der Waals surface area contributed by atoms with Gasteiger partial charge in [0.1, 0.15) is 22.5 Å². The van der Waals surface area contributed by atoms with Gasteiger partial charge in [0, 0.05) is 17.7 Å². The lowest BCUT2D eigenvalue weighted by molar-refractivity contribution is 0.0695. The predicted molar refractivity (Wildman–Crippen MR) is 115 cm³/mol. The number of hydrogen-bond acceptors (Lipinski definition) is 11. The van der Waals surface area contributed by atoms with Gasteiger partial charge in [-0.2, -0.15) is 0 Å².